The average molecular weight is 308 g/mol. The van der Waals surface area contributed by atoms with Crippen LogP contribution in [-0.2, 0) is 0 Å². The first-order chi connectivity index (χ1) is 9.35. The number of alkyl halides is 4. The van der Waals surface area contributed by atoms with Crippen molar-refractivity contribution in [2.45, 2.75) is 18.7 Å². The summed E-state index contributed by atoms with van der Waals surface area (Å²) in [5.41, 5.74) is 0.0438. The highest BCUT2D eigenvalue weighted by atomic mass is 35.5. The molecule has 0 spiro atoms. The van der Waals surface area contributed by atoms with Gasteiger partial charge in [-0.05, 0) is 19.1 Å². The lowest BCUT2D eigenvalue weighted by molar-refractivity contribution is -0.274. The maximum Gasteiger partial charge on any atom is 0.573 e. The molecular weight excluding hydrogens is 299 g/mol. The Morgan fingerprint density at radius 3 is 2.60 bits per heavy atom. The third-order valence-corrected chi connectivity index (χ3v) is 2.32. The second-order valence-electron chi connectivity index (χ2n) is 3.73. The minimum atomic E-state index is -4.79. The molecule has 20 heavy (non-hydrogen) atoms. The Morgan fingerprint density at radius 2 is 2.00 bits per heavy atom. The van der Waals surface area contributed by atoms with Crippen LogP contribution in [0.15, 0.2) is 28.7 Å². The number of ether oxygens (including phenoxy) is 1. The molecule has 2 aromatic rings. The first-order valence-corrected chi connectivity index (χ1v) is 5.88. The molecule has 0 aliphatic carbocycles. The summed E-state index contributed by atoms with van der Waals surface area (Å²) in [5.74, 6) is -0.248. The van der Waals surface area contributed by atoms with Crippen LogP contribution in [-0.4, -0.2) is 16.6 Å². The highest BCUT2D eigenvalue weighted by Gasteiger charge is 2.32. The van der Waals surface area contributed by atoms with Gasteiger partial charge in [-0.25, -0.2) is 0 Å². The van der Waals surface area contributed by atoms with E-state index in [1.165, 1.54) is 18.2 Å². The highest BCUT2D eigenvalue weighted by molar-refractivity contribution is 6.20. The van der Waals surface area contributed by atoms with Crippen LogP contribution in [0.1, 0.15) is 18.2 Å². The zero-order valence-electron chi connectivity index (χ0n) is 10.1. The number of benzene rings is 1. The van der Waals surface area contributed by atoms with Crippen LogP contribution in [0.25, 0.3) is 0 Å². The number of aromatic nitrogens is 2. The summed E-state index contributed by atoms with van der Waals surface area (Å²) in [6.07, 6.45) is -4.79. The summed E-state index contributed by atoms with van der Waals surface area (Å²) >= 11 is 5.74. The number of hydrogen-bond donors (Lipinski definition) is 1. The first kappa shape index (κ1) is 14.4. The summed E-state index contributed by atoms with van der Waals surface area (Å²) in [6, 6.07) is 5.41. The van der Waals surface area contributed by atoms with Gasteiger partial charge in [0.2, 0.25) is 5.89 Å². The van der Waals surface area contributed by atoms with Crippen LogP contribution in [0.4, 0.5) is 24.9 Å². The number of hydrogen-bond acceptors (Lipinski definition) is 5. The fourth-order valence-corrected chi connectivity index (χ4v) is 1.43. The van der Waals surface area contributed by atoms with E-state index < -0.39 is 17.5 Å². The van der Waals surface area contributed by atoms with Crippen molar-refractivity contribution in [3.05, 3.63) is 30.2 Å². The van der Waals surface area contributed by atoms with E-state index in [2.05, 4.69) is 20.3 Å². The van der Waals surface area contributed by atoms with Gasteiger partial charge in [-0.3, -0.25) is 0 Å². The third-order valence-electron chi connectivity index (χ3n) is 2.14. The lowest BCUT2D eigenvalue weighted by atomic mass is 10.3. The van der Waals surface area contributed by atoms with E-state index in [1.54, 1.807) is 6.92 Å². The van der Waals surface area contributed by atoms with Gasteiger partial charge in [0.25, 0.3) is 0 Å². The van der Waals surface area contributed by atoms with Gasteiger partial charge < -0.3 is 14.5 Å². The minimum absolute atomic E-state index is 0.0438. The summed E-state index contributed by atoms with van der Waals surface area (Å²) in [4.78, 5) is 0. The molecule has 5 nitrogen and oxygen atoms in total. The number of rotatable bonds is 4. The van der Waals surface area contributed by atoms with Crippen molar-refractivity contribution in [2.24, 2.45) is 0 Å². The summed E-state index contributed by atoms with van der Waals surface area (Å²) in [7, 11) is 0. The van der Waals surface area contributed by atoms with Crippen LogP contribution < -0.4 is 10.1 Å². The van der Waals surface area contributed by atoms with Crippen molar-refractivity contribution < 1.29 is 22.3 Å². The Morgan fingerprint density at radius 1 is 1.30 bits per heavy atom. The zero-order valence-corrected chi connectivity index (χ0v) is 10.9. The average Bonchev–Trinajstić information content (AvgIpc) is 2.78. The van der Waals surface area contributed by atoms with Gasteiger partial charge >= 0.3 is 12.4 Å². The molecule has 0 bridgehead atoms. The smallest absolute Gasteiger partial charge is 0.406 e. The molecule has 9 heteroatoms. The lowest BCUT2D eigenvalue weighted by Crippen LogP contribution is -2.17. The van der Waals surface area contributed by atoms with Crippen LogP contribution >= 0.6 is 11.6 Å². The Hall–Kier alpha value is -1.96. The van der Waals surface area contributed by atoms with Gasteiger partial charge in [0.1, 0.15) is 5.38 Å². The number of nitrogens with zero attached hydrogens (tertiary/aromatic N) is 2. The molecule has 2 rings (SSSR count). The molecule has 1 aromatic carbocycles. The van der Waals surface area contributed by atoms with Crippen LogP contribution in [0.2, 0.25) is 0 Å². The monoisotopic (exact) mass is 307 g/mol. The largest absolute Gasteiger partial charge is 0.573 e. The summed E-state index contributed by atoms with van der Waals surface area (Å²) in [6.45, 7) is 1.62. The molecule has 0 aliphatic rings. The maximum absolute atomic E-state index is 12.3. The number of nitrogens with one attached hydrogen (secondary N) is 1. The molecule has 0 amide bonds. The first-order valence-electron chi connectivity index (χ1n) is 5.44. The van der Waals surface area contributed by atoms with Crippen LogP contribution in [0.5, 0.6) is 5.75 Å². The number of halogens is 4. The Kier molecular flexibility index (Phi) is 4.03. The maximum atomic E-state index is 12.3. The second kappa shape index (κ2) is 5.58. The predicted octanol–water partition coefficient (Wildman–Crippen LogP) is 4.01. The van der Waals surface area contributed by atoms with E-state index in [-0.39, 0.29) is 17.6 Å². The van der Waals surface area contributed by atoms with E-state index in [9.17, 15) is 13.2 Å². The molecule has 0 saturated carbocycles. The predicted molar refractivity (Wildman–Crippen MR) is 65.0 cm³/mol. The van der Waals surface area contributed by atoms with Gasteiger partial charge in [0, 0.05) is 0 Å². The summed E-state index contributed by atoms with van der Waals surface area (Å²) in [5, 5.41) is 9.31. The molecule has 0 fully saturated rings. The van der Waals surface area contributed by atoms with E-state index in [0.717, 1.165) is 6.07 Å². The fourth-order valence-electron chi connectivity index (χ4n) is 1.34. The molecular formula is C11H9ClF3N3O2. The molecule has 108 valence electrons. The Labute approximate surface area is 116 Å². The topological polar surface area (TPSA) is 60.2 Å². The highest BCUT2D eigenvalue weighted by Crippen LogP contribution is 2.32. The van der Waals surface area contributed by atoms with Crippen molar-refractivity contribution in [3.63, 3.8) is 0 Å². The molecule has 0 radical (unpaired) electrons. The Balaban J connectivity index is 2.20. The van der Waals surface area contributed by atoms with E-state index in [4.69, 9.17) is 16.0 Å². The lowest BCUT2D eigenvalue weighted by Gasteiger charge is -2.12. The molecule has 1 N–H and O–H groups in total. The second-order valence-corrected chi connectivity index (χ2v) is 4.39. The van der Waals surface area contributed by atoms with Gasteiger partial charge in [-0.15, -0.1) is 29.9 Å². The van der Waals surface area contributed by atoms with E-state index in [0.29, 0.717) is 0 Å². The molecule has 1 unspecified atom stereocenters. The van der Waals surface area contributed by atoms with Crippen molar-refractivity contribution in [3.8, 4) is 5.75 Å². The summed E-state index contributed by atoms with van der Waals surface area (Å²) < 4.78 is 45.8. The quantitative estimate of drug-likeness (QED) is 0.865. The van der Waals surface area contributed by atoms with Gasteiger partial charge in [0.15, 0.2) is 5.75 Å². The van der Waals surface area contributed by atoms with Crippen molar-refractivity contribution in [2.75, 3.05) is 5.32 Å². The Bertz CT molecular complexity index is 586. The van der Waals surface area contributed by atoms with Gasteiger partial charge in [0.05, 0.1) is 5.69 Å². The molecule has 0 saturated heterocycles. The van der Waals surface area contributed by atoms with Crippen molar-refractivity contribution in [1.29, 1.82) is 0 Å². The van der Waals surface area contributed by atoms with Gasteiger partial charge in [-0.1, -0.05) is 17.2 Å². The van der Waals surface area contributed by atoms with Crippen LogP contribution in [0.3, 0.4) is 0 Å². The number of para-hydroxylation sites is 2. The van der Waals surface area contributed by atoms with E-state index in [1.807, 2.05) is 0 Å². The molecule has 0 aliphatic heterocycles. The van der Waals surface area contributed by atoms with Crippen molar-refractivity contribution >= 4 is 23.3 Å². The van der Waals surface area contributed by atoms with Gasteiger partial charge in [-0.2, -0.15) is 0 Å². The standard InChI is InChI=1S/C11H9ClF3N3O2/c1-6(12)9-17-18-10(19-9)16-7-4-2-3-5-8(7)20-11(13,14)15/h2-6H,1H3,(H,16,18). The normalized spacial score (nSPS) is 13.1. The fraction of sp³-hybridized carbons (Fsp3) is 0.273. The third kappa shape index (κ3) is 3.77. The molecule has 1 atom stereocenters. The van der Waals surface area contributed by atoms with Crippen LogP contribution in [0, 0.1) is 0 Å². The number of anilines is 2. The zero-order chi connectivity index (χ0) is 14.8. The SMILES string of the molecule is CC(Cl)c1nnc(Nc2ccccc2OC(F)(F)F)o1. The van der Waals surface area contributed by atoms with Crippen molar-refractivity contribution in [1.82, 2.24) is 10.2 Å². The molecule has 1 heterocycles. The van der Waals surface area contributed by atoms with E-state index >= 15 is 0 Å². The minimum Gasteiger partial charge on any atom is -0.406 e. The molecule has 1 aromatic heterocycles.